The lowest BCUT2D eigenvalue weighted by Crippen LogP contribution is -2.30. The molecule has 0 bridgehead atoms. The molecule has 5 nitrogen and oxygen atoms in total. The van der Waals surface area contributed by atoms with Gasteiger partial charge in [-0.05, 0) is 30.2 Å². The van der Waals surface area contributed by atoms with Gasteiger partial charge in [0.25, 0.3) is 0 Å². The number of aromatic nitrogens is 2. The Morgan fingerprint density at radius 2 is 2.00 bits per heavy atom. The number of hydrogen-bond donors (Lipinski definition) is 0. The number of benzene rings is 2. The molecule has 0 fully saturated rings. The molecule has 2 heterocycles. The first-order valence-electron chi connectivity index (χ1n) is 8.73. The van der Waals surface area contributed by atoms with Crippen molar-refractivity contribution in [2.75, 3.05) is 30.9 Å². The number of rotatable bonds is 6. The molecule has 134 valence electrons. The second kappa shape index (κ2) is 7.51. The number of imidazole rings is 1. The third-order valence-electron chi connectivity index (χ3n) is 4.65. The van der Waals surface area contributed by atoms with Gasteiger partial charge in [-0.3, -0.25) is 4.79 Å². The van der Waals surface area contributed by atoms with E-state index in [-0.39, 0.29) is 5.91 Å². The van der Waals surface area contributed by atoms with Crippen LogP contribution in [0.2, 0.25) is 0 Å². The normalized spacial score (nSPS) is 13.3. The Morgan fingerprint density at radius 1 is 1.19 bits per heavy atom. The Bertz CT molecular complexity index is 938. The van der Waals surface area contributed by atoms with Crippen molar-refractivity contribution in [1.82, 2.24) is 9.55 Å². The van der Waals surface area contributed by atoms with E-state index in [0.717, 1.165) is 41.4 Å². The maximum Gasteiger partial charge on any atom is 0.237 e. The Balaban J connectivity index is 1.52. The van der Waals surface area contributed by atoms with Gasteiger partial charge < -0.3 is 14.2 Å². The summed E-state index contributed by atoms with van der Waals surface area (Å²) in [6.45, 7) is 2.10. The van der Waals surface area contributed by atoms with E-state index in [4.69, 9.17) is 9.72 Å². The average Bonchev–Trinajstić information content (AvgIpc) is 3.26. The van der Waals surface area contributed by atoms with E-state index in [2.05, 4.69) is 16.7 Å². The van der Waals surface area contributed by atoms with Crippen LogP contribution in [-0.4, -0.2) is 41.5 Å². The lowest BCUT2D eigenvalue weighted by Gasteiger charge is -2.17. The van der Waals surface area contributed by atoms with E-state index in [1.54, 1.807) is 7.11 Å². The van der Waals surface area contributed by atoms with E-state index in [9.17, 15) is 4.79 Å². The van der Waals surface area contributed by atoms with Crippen LogP contribution in [0.4, 0.5) is 5.69 Å². The number of para-hydroxylation sites is 3. The number of fused-ring (bicyclic) bond motifs is 2. The number of carbonyl (C=O) groups is 1. The molecule has 26 heavy (non-hydrogen) atoms. The molecule has 2 aromatic carbocycles. The van der Waals surface area contributed by atoms with Crippen molar-refractivity contribution in [3.05, 3.63) is 54.1 Å². The van der Waals surface area contributed by atoms with Crippen molar-refractivity contribution in [2.24, 2.45) is 0 Å². The first-order valence-corrected chi connectivity index (χ1v) is 9.72. The number of anilines is 1. The Labute approximate surface area is 157 Å². The molecular formula is C20H21N3O2S. The maximum absolute atomic E-state index is 12.8. The van der Waals surface area contributed by atoms with Crippen molar-refractivity contribution in [1.29, 1.82) is 0 Å². The predicted molar refractivity (Wildman–Crippen MR) is 105 cm³/mol. The topological polar surface area (TPSA) is 47.4 Å². The number of thioether (sulfide) groups is 1. The largest absolute Gasteiger partial charge is 0.383 e. The molecule has 1 amide bonds. The van der Waals surface area contributed by atoms with Crippen LogP contribution >= 0.6 is 11.8 Å². The van der Waals surface area contributed by atoms with Crippen LogP contribution in [0.5, 0.6) is 0 Å². The average molecular weight is 367 g/mol. The van der Waals surface area contributed by atoms with Crippen molar-refractivity contribution < 1.29 is 9.53 Å². The summed E-state index contributed by atoms with van der Waals surface area (Å²) >= 11 is 1.50. The molecule has 1 aliphatic rings. The van der Waals surface area contributed by atoms with Crippen LogP contribution < -0.4 is 4.90 Å². The van der Waals surface area contributed by atoms with Gasteiger partial charge in [-0.2, -0.15) is 0 Å². The van der Waals surface area contributed by atoms with E-state index >= 15 is 0 Å². The van der Waals surface area contributed by atoms with Gasteiger partial charge in [0, 0.05) is 25.9 Å². The molecule has 0 saturated heterocycles. The van der Waals surface area contributed by atoms with E-state index in [1.807, 2.05) is 41.3 Å². The highest BCUT2D eigenvalue weighted by atomic mass is 32.2. The van der Waals surface area contributed by atoms with Crippen LogP contribution in [0.1, 0.15) is 5.56 Å². The molecular weight excluding hydrogens is 346 g/mol. The van der Waals surface area contributed by atoms with Crippen LogP contribution in [0.3, 0.4) is 0 Å². The number of nitrogens with zero attached hydrogens (tertiary/aromatic N) is 3. The van der Waals surface area contributed by atoms with Gasteiger partial charge in [-0.15, -0.1) is 0 Å². The standard InChI is InChI=1S/C20H21N3O2S/c1-25-13-12-23-18-9-5-3-7-16(18)21-20(23)26-14-19(24)22-11-10-15-6-2-4-8-17(15)22/h2-9H,10-14H2,1H3. The molecule has 0 radical (unpaired) electrons. The summed E-state index contributed by atoms with van der Waals surface area (Å²) in [6, 6.07) is 16.2. The third-order valence-corrected chi connectivity index (χ3v) is 5.61. The second-order valence-corrected chi connectivity index (χ2v) is 7.18. The lowest BCUT2D eigenvalue weighted by molar-refractivity contribution is -0.116. The minimum atomic E-state index is 0.130. The van der Waals surface area contributed by atoms with Crippen molar-refractivity contribution in [3.8, 4) is 0 Å². The molecule has 6 heteroatoms. The third kappa shape index (κ3) is 3.22. The van der Waals surface area contributed by atoms with Crippen LogP contribution in [0, 0.1) is 0 Å². The second-order valence-electron chi connectivity index (χ2n) is 6.24. The zero-order chi connectivity index (χ0) is 17.9. The quantitative estimate of drug-likeness (QED) is 0.627. The fourth-order valence-corrected chi connectivity index (χ4v) is 4.28. The molecule has 0 spiro atoms. The highest BCUT2D eigenvalue weighted by Crippen LogP contribution is 2.29. The number of methoxy groups -OCH3 is 1. The number of ether oxygens (including phenoxy) is 1. The Morgan fingerprint density at radius 3 is 2.88 bits per heavy atom. The summed E-state index contributed by atoms with van der Waals surface area (Å²) < 4.78 is 7.37. The minimum absolute atomic E-state index is 0.130. The van der Waals surface area contributed by atoms with Crippen molar-refractivity contribution in [3.63, 3.8) is 0 Å². The summed E-state index contributed by atoms with van der Waals surface area (Å²) in [4.78, 5) is 19.4. The van der Waals surface area contributed by atoms with Crippen molar-refractivity contribution >= 4 is 34.4 Å². The molecule has 0 saturated carbocycles. The highest BCUT2D eigenvalue weighted by Gasteiger charge is 2.24. The fraction of sp³-hybridized carbons (Fsp3) is 0.300. The Hall–Kier alpha value is -2.31. The van der Waals surface area contributed by atoms with Crippen LogP contribution in [0.15, 0.2) is 53.7 Å². The summed E-state index contributed by atoms with van der Waals surface area (Å²) in [5, 5.41) is 0.865. The molecule has 1 aliphatic heterocycles. The van der Waals surface area contributed by atoms with E-state index < -0.39 is 0 Å². The summed E-state index contributed by atoms with van der Waals surface area (Å²) in [6.07, 6.45) is 0.929. The molecule has 0 atom stereocenters. The smallest absolute Gasteiger partial charge is 0.237 e. The summed E-state index contributed by atoms with van der Waals surface area (Å²) in [5.41, 5.74) is 4.32. The first-order chi connectivity index (χ1) is 12.8. The number of hydrogen-bond acceptors (Lipinski definition) is 4. The SMILES string of the molecule is COCCn1c(SCC(=O)N2CCc3ccccc32)nc2ccccc21. The lowest BCUT2D eigenvalue weighted by atomic mass is 10.2. The molecule has 3 aromatic rings. The van der Waals surface area contributed by atoms with E-state index in [0.29, 0.717) is 12.4 Å². The molecule has 4 rings (SSSR count). The molecule has 1 aromatic heterocycles. The van der Waals surface area contributed by atoms with Gasteiger partial charge in [0.05, 0.1) is 23.4 Å². The summed E-state index contributed by atoms with van der Waals surface area (Å²) in [5.74, 6) is 0.510. The van der Waals surface area contributed by atoms with Crippen LogP contribution in [-0.2, 0) is 22.5 Å². The van der Waals surface area contributed by atoms with Crippen LogP contribution in [0.25, 0.3) is 11.0 Å². The maximum atomic E-state index is 12.8. The Kier molecular flexibility index (Phi) is 4.95. The zero-order valence-electron chi connectivity index (χ0n) is 14.7. The molecule has 0 unspecified atom stereocenters. The van der Waals surface area contributed by atoms with E-state index in [1.165, 1.54) is 17.3 Å². The zero-order valence-corrected chi connectivity index (χ0v) is 15.5. The summed E-state index contributed by atoms with van der Waals surface area (Å²) in [7, 11) is 1.69. The highest BCUT2D eigenvalue weighted by molar-refractivity contribution is 7.99. The van der Waals surface area contributed by atoms with Gasteiger partial charge in [-0.25, -0.2) is 4.98 Å². The van der Waals surface area contributed by atoms with Gasteiger partial charge in [-0.1, -0.05) is 42.1 Å². The van der Waals surface area contributed by atoms with Gasteiger partial charge in [0.1, 0.15) is 0 Å². The minimum Gasteiger partial charge on any atom is -0.383 e. The fourth-order valence-electron chi connectivity index (χ4n) is 3.36. The van der Waals surface area contributed by atoms with Crippen molar-refractivity contribution in [2.45, 2.75) is 18.1 Å². The number of carbonyl (C=O) groups excluding carboxylic acids is 1. The first kappa shape index (κ1) is 17.1. The van der Waals surface area contributed by atoms with Gasteiger partial charge in [0.2, 0.25) is 5.91 Å². The molecule has 0 N–H and O–H groups in total. The number of amides is 1. The van der Waals surface area contributed by atoms with Gasteiger partial charge >= 0.3 is 0 Å². The predicted octanol–water partition coefficient (Wildman–Crippen LogP) is 3.36. The monoisotopic (exact) mass is 367 g/mol. The molecule has 0 aliphatic carbocycles. The van der Waals surface area contributed by atoms with Gasteiger partial charge in [0.15, 0.2) is 5.16 Å².